The fourth-order valence-corrected chi connectivity index (χ4v) is 4.86. The summed E-state index contributed by atoms with van der Waals surface area (Å²) in [5, 5.41) is 7.18. The van der Waals surface area contributed by atoms with Crippen LogP contribution in [-0.4, -0.2) is 36.8 Å². The van der Waals surface area contributed by atoms with E-state index in [1.54, 1.807) is 0 Å². The van der Waals surface area contributed by atoms with Gasteiger partial charge in [0.15, 0.2) is 0 Å². The van der Waals surface area contributed by atoms with Gasteiger partial charge in [-0.15, -0.1) is 0 Å². The third-order valence-electron chi connectivity index (χ3n) is 6.86. The van der Waals surface area contributed by atoms with Crippen molar-refractivity contribution in [3.8, 4) is 0 Å². The molecule has 0 bridgehead atoms. The van der Waals surface area contributed by atoms with E-state index < -0.39 is 0 Å². The molecule has 198 valence electrons. The van der Waals surface area contributed by atoms with Gasteiger partial charge in [0, 0.05) is 37.0 Å². The molecule has 2 unspecified atom stereocenters. The van der Waals surface area contributed by atoms with Gasteiger partial charge >= 0.3 is 0 Å². The van der Waals surface area contributed by atoms with Crippen molar-refractivity contribution in [2.75, 3.05) is 6.54 Å². The Bertz CT molecular complexity index is 934. The predicted octanol–water partition coefficient (Wildman–Crippen LogP) is 6.92. The Morgan fingerprint density at radius 1 is 0.833 bits per heavy atom. The van der Waals surface area contributed by atoms with Crippen LogP contribution in [0.25, 0.3) is 0 Å². The molecule has 1 heterocycles. The molecule has 2 N–H and O–H groups in total. The van der Waals surface area contributed by atoms with Gasteiger partial charge in [-0.2, -0.15) is 0 Å². The first-order chi connectivity index (χ1) is 16.7. The van der Waals surface area contributed by atoms with Gasteiger partial charge in [0.1, 0.15) is 6.10 Å². The van der Waals surface area contributed by atoms with Gasteiger partial charge in [-0.1, -0.05) is 90.1 Å². The average molecular weight is 492 g/mol. The summed E-state index contributed by atoms with van der Waals surface area (Å²) in [6.07, 6.45) is 1.02. The lowest BCUT2D eigenvalue weighted by atomic mass is 9.80. The molecular weight excluding hydrogens is 442 g/mol. The number of aliphatic imine (C=N–C) groups is 1. The van der Waals surface area contributed by atoms with Crippen molar-refractivity contribution in [3.63, 3.8) is 0 Å². The molecule has 0 aromatic heterocycles. The van der Waals surface area contributed by atoms with Crippen molar-refractivity contribution in [3.05, 3.63) is 70.8 Å². The van der Waals surface area contributed by atoms with Crippen LogP contribution in [0.4, 0.5) is 0 Å². The largest absolute Gasteiger partial charge is 0.461 e. The van der Waals surface area contributed by atoms with Crippen LogP contribution >= 0.6 is 0 Å². The molecule has 2 aromatic carbocycles. The van der Waals surface area contributed by atoms with E-state index in [-0.39, 0.29) is 41.0 Å². The minimum absolute atomic E-state index is 0.0870. The number of amidine groups is 1. The molecule has 1 fully saturated rings. The molecule has 0 amide bonds. The van der Waals surface area contributed by atoms with Gasteiger partial charge in [0.2, 0.25) is 0 Å². The highest BCUT2D eigenvalue weighted by atomic mass is 16.5. The third-order valence-corrected chi connectivity index (χ3v) is 6.86. The van der Waals surface area contributed by atoms with Crippen LogP contribution < -0.4 is 10.6 Å². The van der Waals surface area contributed by atoms with Gasteiger partial charge in [-0.25, -0.2) is 4.99 Å². The Labute approximate surface area is 220 Å². The Morgan fingerprint density at radius 2 is 1.31 bits per heavy atom. The summed E-state index contributed by atoms with van der Waals surface area (Å²) < 4.78 is 6.39. The molecule has 0 aliphatic carbocycles. The van der Waals surface area contributed by atoms with Crippen molar-refractivity contribution in [1.82, 2.24) is 10.6 Å². The van der Waals surface area contributed by atoms with E-state index in [4.69, 9.17) is 4.74 Å². The molecule has 0 saturated carbocycles. The summed E-state index contributed by atoms with van der Waals surface area (Å²) in [6, 6.07) is 19.9. The number of hydrogen-bond donors (Lipinski definition) is 2. The summed E-state index contributed by atoms with van der Waals surface area (Å²) in [4.78, 5) is 4.69. The maximum atomic E-state index is 6.39. The molecule has 2 aromatic rings. The van der Waals surface area contributed by atoms with Gasteiger partial charge in [0.25, 0.3) is 6.02 Å². The summed E-state index contributed by atoms with van der Waals surface area (Å²) in [5.41, 5.74) is 5.71. The zero-order chi connectivity index (χ0) is 26.7. The minimum Gasteiger partial charge on any atom is -0.461 e. The van der Waals surface area contributed by atoms with Crippen LogP contribution in [0, 0.1) is 0 Å². The first-order valence-electron chi connectivity index (χ1n) is 13.7. The maximum Gasteiger partial charge on any atom is 0.285 e. The predicted molar refractivity (Wildman–Crippen MR) is 154 cm³/mol. The molecule has 1 aliphatic rings. The Hall–Kier alpha value is -2.33. The molecule has 1 aliphatic heterocycles. The summed E-state index contributed by atoms with van der Waals surface area (Å²) in [7, 11) is 0. The van der Waals surface area contributed by atoms with E-state index >= 15 is 0 Å². The molecule has 4 nitrogen and oxygen atoms in total. The van der Waals surface area contributed by atoms with Crippen LogP contribution in [0.1, 0.15) is 104 Å². The Morgan fingerprint density at radius 3 is 1.69 bits per heavy atom. The number of ether oxygens (including phenoxy) is 1. The third kappa shape index (κ3) is 7.59. The average Bonchev–Trinajstić information content (AvgIpc) is 3.20. The van der Waals surface area contributed by atoms with Gasteiger partial charge in [-0.05, 0) is 60.8 Å². The second-order valence-electron chi connectivity index (χ2n) is 13.0. The first-order valence-corrected chi connectivity index (χ1v) is 13.7. The highest BCUT2D eigenvalue weighted by molar-refractivity contribution is 5.74. The zero-order valence-electron chi connectivity index (χ0n) is 24.3. The molecule has 4 heteroatoms. The van der Waals surface area contributed by atoms with Crippen molar-refractivity contribution in [2.24, 2.45) is 4.99 Å². The van der Waals surface area contributed by atoms with E-state index in [1.165, 1.54) is 22.3 Å². The smallest absolute Gasteiger partial charge is 0.285 e. The first kappa shape index (κ1) is 28.2. The minimum atomic E-state index is 0.0870. The van der Waals surface area contributed by atoms with Gasteiger partial charge in [-0.3, -0.25) is 0 Å². The number of nitrogens with zero attached hydrogens (tertiary/aromatic N) is 1. The second kappa shape index (κ2) is 11.4. The van der Waals surface area contributed by atoms with E-state index in [0.29, 0.717) is 6.02 Å². The van der Waals surface area contributed by atoms with E-state index in [0.717, 1.165) is 13.0 Å². The van der Waals surface area contributed by atoms with Crippen molar-refractivity contribution < 1.29 is 4.74 Å². The lowest BCUT2D eigenvalue weighted by Gasteiger charge is -2.27. The van der Waals surface area contributed by atoms with Gasteiger partial charge in [0.05, 0.1) is 0 Å². The highest BCUT2D eigenvalue weighted by Gasteiger charge is 2.34. The highest BCUT2D eigenvalue weighted by Crippen LogP contribution is 2.35. The van der Waals surface area contributed by atoms with E-state index in [9.17, 15) is 0 Å². The Balaban J connectivity index is 1.89. The standard InChI is InChI=1S/C32H49N3O/c1-21(2)34-30(35-22(3)4)36-27-19-28(33-20-27)29(23-11-15-25(16-12-23)31(5,6)7)24-13-17-26(18-14-24)32(8,9)10/h11-18,21-22,27-29,33H,19-20H2,1-10H3,(H,34,35). The molecule has 2 atom stereocenters. The molecule has 36 heavy (non-hydrogen) atoms. The molecule has 1 saturated heterocycles. The van der Waals surface area contributed by atoms with Crippen LogP contribution in [0.5, 0.6) is 0 Å². The number of nitrogens with one attached hydrogen (secondary N) is 2. The fourth-order valence-electron chi connectivity index (χ4n) is 4.86. The quantitative estimate of drug-likeness (QED) is 0.340. The van der Waals surface area contributed by atoms with Crippen LogP contribution in [0.15, 0.2) is 53.5 Å². The zero-order valence-corrected chi connectivity index (χ0v) is 24.3. The monoisotopic (exact) mass is 491 g/mol. The molecular formula is C32H49N3O. The summed E-state index contributed by atoms with van der Waals surface area (Å²) in [5.74, 6) is 0.255. The SMILES string of the molecule is CC(C)N=C(NC(C)C)OC1CNC(C(c2ccc(C(C)(C)C)cc2)c2ccc(C(C)(C)C)cc2)C1. The number of rotatable bonds is 6. The number of hydrogen-bond acceptors (Lipinski definition) is 3. The molecule has 3 rings (SSSR count). The number of benzene rings is 2. The van der Waals surface area contributed by atoms with Gasteiger partial charge < -0.3 is 15.4 Å². The molecule has 0 radical (unpaired) electrons. The summed E-state index contributed by atoms with van der Waals surface area (Å²) >= 11 is 0. The lowest BCUT2D eigenvalue weighted by Crippen LogP contribution is -2.36. The lowest BCUT2D eigenvalue weighted by molar-refractivity contribution is 0.191. The van der Waals surface area contributed by atoms with E-state index in [1.807, 2.05) is 0 Å². The fraction of sp³-hybridized carbons (Fsp3) is 0.594. The Kier molecular flexibility index (Phi) is 8.93. The van der Waals surface area contributed by atoms with Crippen molar-refractivity contribution in [2.45, 2.75) is 117 Å². The van der Waals surface area contributed by atoms with Crippen molar-refractivity contribution in [1.29, 1.82) is 0 Å². The van der Waals surface area contributed by atoms with E-state index in [2.05, 4.69) is 133 Å². The summed E-state index contributed by atoms with van der Waals surface area (Å²) in [6.45, 7) is 22.8. The van der Waals surface area contributed by atoms with Crippen LogP contribution in [-0.2, 0) is 15.6 Å². The normalized spacial score (nSPS) is 19.4. The van der Waals surface area contributed by atoms with Crippen LogP contribution in [0.3, 0.4) is 0 Å². The second-order valence-corrected chi connectivity index (χ2v) is 13.0. The van der Waals surface area contributed by atoms with Crippen molar-refractivity contribution >= 4 is 6.02 Å². The maximum absolute atomic E-state index is 6.39. The molecule has 0 spiro atoms. The topological polar surface area (TPSA) is 45.7 Å². The van der Waals surface area contributed by atoms with Crippen LogP contribution in [0.2, 0.25) is 0 Å².